The van der Waals surface area contributed by atoms with E-state index >= 15 is 0 Å². The summed E-state index contributed by atoms with van der Waals surface area (Å²) in [6, 6.07) is 17.4. The van der Waals surface area contributed by atoms with Gasteiger partial charge in [-0.05, 0) is 31.9 Å². The molecule has 0 spiro atoms. The van der Waals surface area contributed by atoms with E-state index in [2.05, 4.69) is 74.6 Å². The summed E-state index contributed by atoms with van der Waals surface area (Å²) in [5.41, 5.74) is 3.81. The topological polar surface area (TPSA) is 21.3 Å². The standard InChI is InChI=1S/C20H25NO/c1-4-20(3)13-18(21-14-16-8-6-5-7-9-16)17-12-15(2)10-11-19(17)22-20/h5-12,18,21H,4,13-14H2,1-3H3. The summed E-state index contributed by atoms with van der Waals surface area (Å²) in [5, 5.41) is 3.73. The number of ether oxygens (including phenoxy) is 1. The quantitative estimate of drug-likeness (QED) is 0.876. The molecule has 0 radical (unpaired) electrons. The Bertz CT molecular complexity index is 637. The van der Waals surface area contributed by atoms with E-state index in [1.165, 1.54) is 16.7 Å². The van der Waals surface area contributed by atoms with E-state index in [4.69, 9.17) is 4.74 Å². The molecule has 0 amide bonds. The molecule has 0 saturated carbocycles. The van der Waals surface area contributed by atoms with Crippen LogP contribution in [-0.4, -0.2) is 5.60 Å². The number of aryl methyl sites for hydroxylation is 1. The van der Waals surface area contributed by atoms with Gasteiger partial charge in [-0.25, -0.2) is 0 Å². The maximum atomic E-state index is 6.27. The molecule has 2 aromatic rings. The van der Waals surface area contributed by atoms with Gasteiger partial charge in [0.1, 0.15) is 11.4 Å². The Kier molecular flexibility index (Phi) is 4.21. The van der Waals surface area contributed by atoms with Gasteiger partial charge in [0.15, 0.2) is 0 Å². The minimum atomic E-state index is -0.0867. The molecule has 2 nitrogen and oxygen atoms in total. The fourth-order valence-electron chi connectivity index (χ4n) is 3.12. The number of benzene rings is 2. The predicted molar refractivity (Wildman–Crippen MR) is 91.1 cm³/mol. The van der Waals surface area contributed by atoms with Gasteiger partial charge in [0.25, 0.3) is 0 Å². The van der Waals surface area contributed by atoms with E-state index in [0.29, 0.717) is 6.04 Å². The first-order valence-electron chi connectivity index (χ1n) is 8.16. The zero-order valence-corrected chi connectivity index (χ0v) is 13.7. The van der Waals surface area contributed by atoms with E-state index in [-0.39, 0.29) is 5.60 Å². The van der Waals surface area contributed by atoms with Crippen molar-refractivity contribution in [2.24, 2.45) is 0 Å². The predicted octanol–water partition coefficient (Wildman–Crippen LogP) is 4.78. The lowest BCUT2D eigenvalue weighted by atomic mass is 9.86. The molecule has 116 valence electrons. The van der Waals surface area contributed by atoms with Gasteiger partial charge in [-0.3, -0.25) is 0 Å². The first-order valence-corrected chi connectivity index (χ1v) is 8.16. The normalized spacial score (nSPS) is 23.7. The number of hydrogen-bond donors (Lipinski definition) is 1. The monoisotopic (exact) mass is 295 g/mol. The first-order chi connectivity index (χ1) is 10.6. The van der Waals surface area contributed by atoms with E-state index in [0.717, 1.165) is 25.1 Å². The van der Waals surface area contributed by atoms with Crippen molar-refractivity contribution in [2.75, 3.05) is 0 Å². The Labute approximate surface area is 133 Å². The Balaban J connectivity index is 1.84. The molecule has 0 aromatic heterocycles. The van der Waals surface area contributed by atoms with Crippen molar-refractivity contribution in [1.29, 1.82) is 0 Å². The molecule has 1 aliphatic heterocycles. The van der Waals surface area contributed by atoms with Crippen molar-refractivity contribution < 1.29 is 4.74 Å². The first kappa shape index (κ1) is 15.1. The Morgan fingerprint density at radius 1 is 1.18 bits per heavy atom. The van der Waals surface area contributed by atoms with Crippen molar-refractivity contribution in [3.63, 3.8) is 0 Å². The van der Waals surface area contributed by atoms with Crippen LogP contribution in [0.1, 0.15) is 49.4 Å². The zero-order valence-electron chi connectivity index (χ0n) is 13.7. The highest BCUT2D eigenvalue weighted by Gasteiger charge is 2.35. The third-order valence-electron chi connectivity index (χ3n) is 4.68. The number of hydrogen-bond acceptors (Lipinski definition) is 2. The highest BCUT2D eigenvalue weighted by Crippen LogP contribution is 2.41. The SMILES string of the molecule is CCC1(C)CC(NCc2ccccc2)c2cc(C)ccc2O1. The van der Waals surface area contributed by atoms with Gasteiger partial charge in [-0.1, -0.05) is 55.0 Å². The molecule has 0 bridgehead atoms. The maximum absolute atomic E-state index is 6.27. The van der Waals surface area contributed by atoms with Gasteiger partial charge in [-0.15, -0.1) is 0 Å². The molecule has 1 aliphatic rings. The number of fused-ring (bicyclic) bond motifs is 1. The summed E-state index contributed by atoms with van der Waals surface area (Å²) in [4.78, 5) is 0. The van der Waals surface area contributed by atoms with Gasteiger partial charge in [0.05, 0.1) is 0 Å². The molecule has 0 fully saturated rings. The Morgan fingerprint density at radius 2 is 1.95 bits per heavy atom. The van der Waals surface area contributed by atoms with Crippen molar-refractivity contribution in [1.82, 2.24) is 5.32 Å². The number of nitrogens with one attached hydrogen (secondary N) is 1. The fraction of sp³-hybridized carbons (Fsp3) is 0.400. The molecule has 2 unspecified atom stereocenters. The van der Waals surface area contributed by atoms with Crippen molar-refractivity contribution in [3.8, 4) is 5.75 Å². The van der Waals surface area contributed by atoms with E-state index in [1.54, 1.807) is 0 Å². The van der Waals surface area contributed by atoms with Gasteiger partial charge in [0.2, 0.25) is 0 Å². The lowest BCUT2D eigenvalue weighted by Gasteiger charge is -2.40. The van der Waals surface area contributed by atoms with E-state index < -0.39 is 0 Å². The van der Waals surface area contributed by atoms with Crippen LogP contribution in [-0.2, 0) is 6.54 Å². The van der Waals surface area contributed by atoms with Crippen molar-refractivity contribution in [3.05, 3.63) is 65.2 Å². The second-order valence-corrected chi connectivity index (χ2v) is 6.57. The smallest absolute Gasteiger partial charge is 0.124 e. The van der Waals surface area contributed by atoms with Crippen LogP contribution in [0.3, 0.4) is 0 Å². The highest BCUT2D eigenvalue weighted by molar-refractivity contribution is 5.41. The molecule has 1 heterocycles. The summed E-state index contributed by atoms with van der Waals surface area (Å²) in [7, 11) is 0. The summed E-state index contributed by atoms with van der Waals surface area (Å²) < 4.78 is 6.27. The molecule has 0 saturated heterocycles. The lowest BCUT2D eigenvalue weighted by Crippen LogP contribution is -2.41. The Morgan fingerprint density at radius 3 is 2.68 bits per heavy atom. The molecule has 2 aromatic carbocycles. The van der Waals surface area contributed by atoms with Crippen molar-refractivity contribution in [2.45, 2.75) is 51.8 Å². The van der Waals surface area contributed by atoms with E-state index in [1.807, 2.05) is 0 Å². The second-order valence-electron chi connectivity index (χ2n) is 6.57. The van der Waals surface area contributed by atoms with Crippen LogP contribution in [0, 0.1) is 6.92 Å². The highest BCUT2D eigenvalue weighted by atomic mass is 16.5. The summed E-state index contributed by atoms with van der Waals surface area (Å²) in [6.45, 7) is 7.45. The molecule has 2 atom stereocenters. The molecule has 0 aliphatic carbocycles. The average molecular weight is 295 g/mol. The Hall–Kier alpha value is -1.80. The fourth-order valence-corrected chi connectivity index (χ4v) is 3.12. The summed E-state index contributed by atoms with van der Waals surface area (Å²) >= 11 is 0. The molecule has 22 heavy (non-hydrogen) atoms. The number of rotatable bonds is 4. The minimum absolute atomic E-state index is 0.0867. The molecule has 3 rings (SSSR count). The van der Waals surface area contributed by atoms with Crippen LogP contribution in [0.4, 0.5) is 0 Å². The van der Waals surface area contributed by atoms with Gasteiger partial charge in [0, 0.05) is 24.6 Å². The van der Waals surface area contributed by atoms with Crippen LogP contribution in [0.5, 0.6) is 5.75 Å². The van der Waals surface area contributed by atoms with E-state index in [9.17, 15) is 0 Å². The van der Waals surface area contributed by atoms with Gasteiger partial charge in [-0.2, -0.15) is 0 Å². The van der Waals surface area contributed by atoms with Crippen LogP contribution in [0.25, 0.3) is 0 Å². The van der Waals surface area contributed by atoms with Crippen molar-refractivity contribution >= 4 is 0 Å². The minimum Gasteiger partial charge on any atom is -0.487 e. The zero-order chi connectivity index (χ0) is 15.6. The van der Waals surface area contributed by atoms with Crippen LogP contribution in [0.15, 0.2) is 48.5 Å². The third kappa shape index (κ3) is 3.17. The largest absolute Gasteiger partial charge is 0.487 e. The molecule has 1 N–H and O–H groups in total. The van der Waals surface area contributed by atoms with Gasteiger partial charge < -0.3 is 10.1 Å². The van der Waals surface area contributed by atoms with Gasteiger partial charge >= 0.3 is 0 Å². The summed E-state index contributed by atoms with van der Waals surface area (Å²) in [6.07, 6.45) is 2.02. The molecular weight excluding hydrogens is 270 g/mol. The second kappa shape index (κ2) is 6.13. The summed E-state index contributed by atoms with van der Waals surface area (Å²) in [5.74, 6) is 1.03. The lowest BCUT2D eigenvalue weighted by molar-refractivity contribution is 0.0439. The third-order valence-corrected chi connectivity index (χ3v) is 4.68. The van der Waals surface area contributed by atoms with Crippen LogP contribution in [0.2, 0.25) is 0 Å². The molecular formula is C20H25NO. The van der Waals surface area contributed by atoms with Crippen LogP contribution < -0.4 is 10.1 Å². The average Bonchev–Trinajstić information content (AvgIpc) is 2.54. The molecule has 2 heteroatoms. The van der Waals surface area contributed by atoms with Crippen LogP contribution >= 0.6 is 0 Å². The maximum Gasteiger partial charge on any atom is 0.124 e.